The second-order valence-electron chi connectivity index (χ2n) is 3.80. The summed E-state index contributed by atoms with van der Waals surface area (Å²) >= 11 is 3.39. The van der Waals surface area contributed by atoms with E-state index < -0.39 is 0 Å². The van der Waals surface area contributed by atoms with E-state index in [1.165, 1.54) is 6.07 Å². The van der Waals surface area contributed by atoms with Crippen molar-refractivity contribution < 1.29 is 4.39 Å². The van der Waals surface area contributed by atoms with Crippen LogP contribution in [0.4, 0.5) is 15.9 Å². The Bertz CT molecular complexity index is 543. The smallest absolute Gasteiger partial charge is 0.146 e. The van der Waals surface area contributed by atoms with Crippen molar-refractivity contribution >= 4 is 27.4 Å². The van der Waals surface area contributed by atoms with Gasteiger partial charge >= 0.3 is 0 Å². The molecule has 2 aromatic rings. The van der Waals surface area contributed by atoms with Crippen molar-refractivity contribution in [1.82, 2.24) is 4.98 Å². The van der Waals surface area contributed by atoms with E-state index in [1.54, 1.807) is 36.3 Å². The third-order valence-corrected chi connectivity index (χ3v) is 3.42. The Kier molecular flexibility index (Phi) is 3.43. The second kappa shape index (κ2) is 4.84. The first-order valence-electron chi connectivity index (χ1n) is 5.20. The summed E-state index contributed by atoms with van der Waals surface area (Å²) < 4.78 is 14.6. The molecule has 0 aliphatic carbocycles. The topological polar surface area (TPSA) is 16.1 Å². The quantitative estimate of drug-likeness (QED) is 0.830. The number of aryl methyl sites for hydroxylation is 1. The predicted octanol–water partition coefficient (Wildman–Crippen LogP) is 4.06. The molecule has 0 saturated heterocycles. The molecule has 0 aliphatic rings. The molecular weight excluding hydrogens is 283 g/mol. The molecular formula is C13H12BrFN2. The average molecular weight is 295 g/mol. The first-order valence-corrected chi connectivity index (χ1v) is 5.99. The molecule has 0 radical (unpaired) electrons. The van der Waals surface area contributed by atoms with Crippen molar-refractivity contribution in [2.24, 2.45) is 0 Å². The standard InChI is InChI=1S/C13H12BrFN2/c1-9-7-13(16-8-10(9)14)17(2)12-6-4-3-5-11(12)15/h3-8H,1-2H3. The number of hydrogen-bond acceptors (Lipinski definition) is 2. The lowest BCUT2D eigenvalue weighted by Gasteiger charge is -2.19. The molecule has 0 aliphatic heterocycles. The maximum atomic E-state index is 13.6. The Morgan fingerprint density at radius 3 is 2.65 bits per heavy atom. The molecule has 1 aromatic carbocycles. The lowest BCUT2D eigenvalue weighted by atomic mass is 10.2. The van der Waals surface area contributed by atoms with Crippen molar-refractivity contribution in [1.29, 1.82) is 0 Å². The molecule has 88 valence electrons. The van der Waals surface area contributed by atoms with E-state index in [1.807, 2.05) is 13.0 Å². The summed E-state index contributed by atoms with van der Waals surface area (Å²) in [7, 11) is 1.80. The van der Waals surface area contributed by atoms with Crippen molar-refractivity contribution in [3.05, 3.63) is 52.4 Å². The van der Waals surface area contributed by atoms with Crippen LogP contribution < -0.4 is 4.90 Å². The number of aromatic nitrogens is 1. The zero-order chi connectivity index (χ0) is 12.4. The van der Waals surface area contributed by atoms with Crippen LogP contribution in [-0.4, -0.2) is 12.0 Å². The molecule has 0 fully saturated rings. The summed E-state index contributed by atoms with van der Waals surface area (Å²) in [6, 6.07) is 8.57. The van der Waals surface area contributed by atoms with Gasteiger partial charge in [-0.25, -0.2) is 9.37 Å². The van der Waals surface area contributed by atoms with Gasteiger partial charge in [0.25, 0.3) is 0 Å². The van der Waals surface area contributed by atoms with Crippen LogP contribution in [0.3, 0.4) is 0 Å². The molecule has 0 atom stereocenters. The van der Waals surface area contributed by atoms with Crippen molar-refractivity contribution in [2.45, 2.75) is 6.92 Å². The highest BCUT2D eigenvalue weighted by Gasteiger charge is 2.10. The van der Waals surface area contributed by atoms with Crippen LogP contribution in [0.15, 0.2) is 41.0 Å². The number of pyridine rings is 1. The number of halogens is 2. The maximum absolute atomic E-state index is 13.6. The number of hydrogen-bond donors (Lipinski definition) is 0. The van der Waals surface area contributed by atoms with Crippen LogP contribution in [-0.2, 0) is 0 Å². The molecule has 1 aromatic heterocycles. The van der Waals surface area contributed by atoms with E-state index in [9.17, 15) is 4.39 Å². The molecule has 0 N–H and O–H groups in total. The predicted molar refractivity (Wildman–Crippen MR) is 71.1 cm³/mol. The monoisotopic (exact) mass is 294 g/mol. The third-order valence-electron chi connectivity index (χ3n) is 2.59. The minimum Gasteiger partial charge on any atom is -0.327 e. The highest BCUT2D eigenvalue weighted by Crippen LogP contribution is 2.26. The van der Waals surface area contributed by atoms with Gasteiger partial charge in [0.05, 0.1) is 5.69 Å². The van der Waals surface area contributed by atoms with Crippen LogP contribution in [0.5, 0.6) is 0 Å². The molecule has 4 heteroatoms. The van der Waals surface area contributed by atoms with Gasteiger partial charge in [-0.1, -0.05) is 12.1 Å². The summed E-state index contributed by atoms with van der Waals surface area (Å²) in [5, 5.41) is 0. The molecule has 2 rings (SSSR count). The highest BCUT2D eigenvalue weighted by atomic mass is 79.9. The largest absolute Gasteiger partial charge is 0.327 e. The van der Waals surface area contributed by atoms with E-state index in [-0.39, 0.29) is 5.82 Å². The summed E-state index contributed by atoms with van der Waals surface area (Å²) in [5.41, 5.74) is 1.58. The number of para-hydroxylation sites is 1. The normalized spacial score (nSPS) is 10.4. The van der Waals surface area contributed by atoms with E-state index in [0.29, 0.717) is 5.69 Å². The molecule has 17 heavy (non-hydrogen) atoms. The van der Waals surface area contributed by atoms with Gasteiger partial charge in [0.1, 0.15) is 11.6 Å². The minimum absolute atomic E-state index is 0.252. The Morgan fingerprint density at radius 2 is 2.00 bits per heavy atom. The van der Waals surface area contributed by atoms with Gasteiger partial charge < -0.3 is 4.90 Å². The highest BCUT2D eigenvalue weighted by molar-refractivity contribution is 9.10. The van der Waals surface area contributed by atoms with E-state index >= 15 is 0 Å². The van der Waals surface area contributed by atoms with Gasteiger partial charge in [-0.05, 0) is 46.6 Å². The first-order chi connectivity index (χ1) is 8.09. The van der Waals surface area contributed by atoms with Crippen molar-refractivity contribution in [2.75, 3.05) is 11.9 Å². The van der Waals surface area contributed by atoms with Crippen LogP contribution in [0.1, 0.15) is 5.56 Å². The van der Waals surface area contributed by atoms with E-state index in [2.05, 4.69) is 20.9 Å². The zero-order valence-electron chi connectivity index (χ0n) is 9.61. The molecule has 2 nitrogen and oxygen atoms in total. The van der Waals surface area contributed by atoms with E-state index in [4.69, 9.17) is 0 Å². The lowest BCUT2D eigenvalue weighted by molar-refractivity contribution is 0.627. The Balaban J connectivity index is 2.40. The van der Waals surface area contributed by atoms with Crippen LogP contribution in [0.2, 0.25) is 0 Å². The van der Waals surface area contributed by atoms with E-state index in [0.717, 1.165) is 15.9 Å². The fraction of sp³-hybridized carbons (Fsp3) is 0.154. The average Bonchev–Trinajstić information content (AvgIpc) is 2.32. The summed E-state index contributed by atoms with van der Waals surface area (Å²) in [5.74, 6) is 0.466. The van der Waals surface area contributed by atoms with Gasteiger partial charge in [0.15, 0.2) is 0 Å². The number of anilines is 2. The molecule has 0 spiro atoms. The molecule has 0 saturated carbocycles. The summed E-state index contributed by atoms with van der Waals surface area (Å²) in [4.78, 5) is 6.00. The Hall–Kier alpha value is -1.42. The van der Waals surface area contributed by atoms with Gasteiger partial charge in [-0.15, -0.1) is 0 Å². The number of nitrogens with zero attached hydrogens (tertiary/aromatic N) is 2. The number of benzene rings is 1. The zero-order valence-corrected chi connectivity index (χ0v) is 11.2. The SMILES string of the molecule is Cc1cc(N(C)c2ccccc2F)ncc1Br. The maximum Gasteiger partial charge on any atom is 0.146 e. The lowest BCUT2D eigenvalue weighted by Crippen LogP contribution is -2.12. The minimum atomic E-state index is -0.252. The molecule has 1 heterocycles. The van der Waals surface area contributed by atoms with Gasteiger partial charge in [-0.3, -0.25) is 0 Å². The third kappa shape index (κ3) is 2.47. The summed E-state index contributed by atoms with van der Waals surface area (Å²) in [6.07, 6.45) is 1.72. The Morgan fingerprint density at radius 1 is 1.29 bits per heavy atom. The number of rotatable bonds is 2. The van der Waals surface area contributed by atoms with Crippen molar-refractivity contribution in [3.8, 4) is 0 Å². The van der Waals surface area contributed by atoms with Crippen LogP contribution in [0, 0.1) is 12.7 Å². The van der Waals surface area contributed by atoms with Crippen LogP contribution >= 0.6 is 15.9 Å². The molecule has 0 unspecified atom stereocenters. The summed E-state index contributed by atoms with van der Waals surface area (Å²) in [6.45, 7) is 1.98. The van der Waals surface area contributed by atoms with Gasteiger partial charge in [0, 0.05) is 17.7 Å². The van der Waals surface area contributed by atoms with Crippen molar-refractivity contribution in [3.63, 3.8) is 0 Å². The van der Waals surface area contributed by atoms with Crippen LogP contribution in [0.25, 0.3) is 0 Å². The van der Waals surface area contributed by atoms with Gasteiger partial charge in [0.2, 0.25) is 0 Å². The fourth-order valence-electron chi connectivity index (χ4n) is 1.56. The molecule has 0 amide bonds. The second-order valence-corrected chi connectivity index (χ2v) is 4.66. The molecule has 0 bridgehead atoms. The Labute approximate surface area is 108 Å². The van der Waals surface area contributed by atoms with Gasteiger partial charge in [-0.2, -0.15) is 0 Å². The first kappa shape index (κ1) is 12.0. The fourth-order valence-corrected chi connectivity index (χ4v) is 1.77.